The normalized spacial score (nSPS) is 15.9. The molecule has 1 unspecified atom stereocenters. The first kappa shape index (κ1) is 18.7. The molecule has 1 aromatic heterocycles. The second-order valence-electron chi connectivity index (χ2n) is 6.73. The molecule has 6 nitrogen and oxygen atoms in total. The van der Waals surface area contributed by atoms with Gasteiger partial charge in [-0.25, -0.2) is 4.99 Å². The van der Waals surface area contributed by atoms with E-state index in [9.17, 15) is 0 Å². The summed E-state index contributed by atoms with van der Waals surface area (Å²) in [6.07, 6.45) is 9.89. The molecule has 1 atom stereocenters. The van der Waals surface area contributed by atoms with Gasteiger partial charge in [-0.15, -0.1) is 10.2 Å². The highest BCUT2D eigenvalue weighted by molar-refractivity contribution is 5.79. The fourth-order valence-electron chi connectivity index (χ4n) is 3.14. The van der Waals surface area contributed by atoms with Crippen molar-refractivity contribution >= 4 is 5.96 Å². The SMILES string of the molecule is CCCCCCC(C)NC(=NCc1nnc2n1CCCC2)NCC. The van der Waals surface area contributed by atoms with Crippen molar-refractivity contribution in [2.45, 2.75) is 91.3 Å². The van der Waals surface area contributed by atoms with E-state index in [1.807, 2.05) is 0 Å². The predicted molar refractivity (Wildman–Crippen MR) is 99.1 cm³/mol. The first-order chi connectivity index (χ1) is 11.7. The quantitative estimate of drug-likeness (QED) is 0.414. The Morgan fingerprint density at radius 2 is 2.08 bits per heavy atom. The van der Waals surface area contributed by atoms with Crippen molar-refractivity contribution in [1.29, 1.82) is 0 Å². The van der Waals surface area contributed by atoms with Crippen LogP contribution in [0.4, 0.5) is 0 Å². The largest absolute Gasteiger partial charge is 0.357 e. The number of rotatable bonds is 9. The van der Waals surface area contributed by atoms with Gasteiger partial charge in [0.1, 0.15) is 12.4 Å². The van der Waals surface area contributed by atoms with Crippen LogP contribution < -0.4 is 10.6 Å². The molecule has 6 heteroatoms. The van der Waals surface area contributed by atoms with Crippen LogP contribution in [0.15, 0.2) is 4.99 Å². The summed E-state index contributed by atoms with van der Waals surface area (Å²) in [5, 5.41) is 15.5. The van der Waals surface area contributed by atoms with Gasteiger partial charge in [0.25, 0.3) is 0 Å². The summed E-state index contributed by atoms with van der Waals surface area (Å²) in [7, 11) is 0. The van der Waals surface area contributed by atoms with E-state index in [-0.39, 0.29) is 0 Å². The minimum Gasteiger partial charge on any atom is -0.357 e. The number of nitrogens with one attached hydrogen (secondary N) is 2. The van der Waals surface area contributed by atoms with Gasteiger partial charge >= 0.3 is 0 Å². The molecule has 0 spiro atoms. The second-order valence-corrected chi connectivity index (χ2v) is 6.73. The molecular weight excluding hydrogens is 300 g/mol. The van der Waals surface area contributed by atoms with Crippen molar-refractivity contribution in [2.75, 3.05) is 6.54 Å². The van der Waals surface area contributed by atoms with Crippen LogP contribution in [0.2, 0.25) is 0 Å². The summed E-state index contributed by atoms with van der Waals surface area (Å²) in [5.74, 6) is 2.99. The Labute approximate surface area is 146 Å². The van der Waals surface area contributed by atoms with Crippen molar-refractivity contribution in [2.24, 2.45) is 4.99 Å². The topological polar surface area (TPSA) is 67.1 Å². The van der Waals surface area contributed by atoms with Crippen LogP contribution in [0, 0.1) is 0 Å². The standard InChI is InChI=1S/C18H34N6/c1-4-6-7-8-11-15(3)21-18(19-5-2)20-14-17-23-22-16-12-9-10-13-24(16)17/h15H,4-14H2,1-3H3,(H2,19,20,21). The average Bonchev–Trinajstić information content (AvgIpc) is 3.00. The number of nitrogens with zero attached hydrogens (tertiary/aromatic N) is 4. The first-order valence-corrected chi connectivity index (χ1v) is 9.70. The Bertz CT molecular complexity index is 508. The number of aryl methyl sites for hydroxylation is 1. The maximum absolute atomic E-state index is 4.72. The van der Waals surface area contributed by atoms with Crippen LogP contribution in [0.25, 0.3) is 0 Å². The molecule has 0 bridgehead atoms. The number of hydrogen-bond acceptors (Lipinski definition) is 3. The fourth-order valence-corrected chi connectivity index (χ4v) is 3.14. The van der Waals surface area contributed by atoms with Crippen molar-refractivity contribution in [1.82, 2.24) is 25.4 Å². The lowest BCUT2D eigenvalue weighted by molar-refractivity contribution is 0.507. The summed E-state index contributed by atoms with van der Waals surface area (Å²) in [4.78, 5) is 4.72. The van der Waals surface area contributed by atoms with Gasteiger partial charge in [-0.3, -0.25) is 0 Å². The van der Waals surface area contributed by atoms with Crippen LogP contribution >= 0.6 is 0 Å². The fraction of sp³-hybridized carbons (Fsp3) is 0.833. The first-order valence-electron chi connectivity index (χ1n) is 9.70. The Morgan fingerprint density at radius 1 is 1.21 bits per heavy atom. The van der Waals surface area contributed by atoms with E-state index < -0.39 is 0 Å². The lowest BCUT2D eigenvalue weighted by atomic mass is 10.1. The van der Waals surface area contributed by atoms with Gasteiger partial charge < -0.3 is 15.2 Å². The minimum absolute atomic E-state index is 0.437. The third-order valence-electron chi connectivity index (χ3n) is 4.53. The van der Waals surface area contributed by atoms with E-state index in [1.54, 1.807) is 0 Å². The third-order valence-corrected chi connectivity index (χ3v) is 4.53. The molecule has 0 saturated heterocycles. The van der Waals surface area contributed by atoms with E-state index >= 15 is 0 Å². The van der Waals surface area contributed by atoms with Gasteiger partial charge in [-0.1, -0.05) is 32.6 Å². The number of aliphatic imine (C=N–C) groups is 1. The van der Waals surface area contributed by atoms with Gasteiger partial charge in [-0.2, -0.15) is 0 Å². The Morgan fingerprint density at radius 3 is 2.88 bits per heavy atom. The Kier molecular flexibility index (Phi) is 8.05. The van der Waals surface area contributed by atoms with Gasteiger partial charge in [-0.05, 0) is 33.1 Å². The van der Waals surface area contributed by atoms with E-state index in [0.29, 0.717) is 12.6 Å². The van der Waals surface area contributed by atoms with E-state index in [0.717, 1.165) is 37.1 Å². The molecule has 0 saturated carbocycles. The van der Waals surface area contributed by atoms with Crippen LogP contribution in [-0.4, -0.2) is 33.3 Å². The zero-order valence-corrected chi connectivity index (χ0v) is 15.6. The molecule has 0 fully saturated rings. The lowest BCUT2D eigenvalue weighted by Crippen LogP contribution is -2.42. The Balaban J connectivity index is 1.87. The molecule has 2 rings (SSSR count). The molecule has 1 aliphatic rings. The highest BCUT2D eigenvalue weighted by Crippen LogP contribution is 2.14. The lowest BCUT2D eigenvalue weighted by Gasteiger charge is -2.18. The number of hydrogen-bond donors (Lipinski definition) is 2. The van der Waals surface area contributed by atoms with Crippen molar-refractivity contribution < 1.29 is 0 Å². The minimum atomic E-state index is 0.437. The summed E-state index contributed by atoms with van der Waals surface area (Å²) in [5.41, 5.74) is 0. The average molecular weight is 335 g/mol. The summed E-state index contributed by atoms with van der Waals surface area (Å²) < 4.78 is 2.24. The maximum Gasteiger partial charge on any atom is 0.191 e. The van der Waals surface area contributed by atoms with Gasteiger partial charge in [0.05, 0.1) is 0 Å². The van der Waals surface area contributed by atoms with Crippen molar-refractivity contribution in [3.63, 3.8) is 0 Å². The van der Waals surface area contributed by atoms with Crippen LogP contribution in [0.3, 0.4) is 0 Å². The molecule has 2 heterocycles. The number of aromatic nitrogens is 3. The molecule has 0 aliphatic carbocycles. The second kappa shape index (κ2) is 10.3. The van der Waals surface area contributed by atoms with Gasteiger partial charge in [0, 0.05) is 25.6 Å². The van der Waals surface area contributed by atoms with Gasteiger partial charge in [0.15, 0.2) is 11.8 Å². The summed E-state index contributed by atoms with van der Waals surface area (Å²) in [6, 6.07) is 0.437. The summed E-state index contributed by atoms with van der Waals surface area (Å²) in [6.45, 7) is 9.07. The number of unbranched alkanes of at least 4 members (excludes halogenated alkanes) is 3. The Hall–Kier alpha value is -1.59. The monoisotopic (exact) mass is 334 g/mol. The van der Waals surface area contributed by atoms with Gasteiger partial charge in [0.2, 0.25) is 0 Å². The molecule has 0 amide bonds. The highest BCUT2D eigenvalue weighted by atomic mass is 15.3. The van der Waals surface area contributed by atoms with Crippen molar-refractivity contribution in [3.8, 4) is 0 Å². The zero-order valence-electron chi connectivity index (χ0n) is 15.6. The molecule has 0 aromatic carbocycles. The van der Waals surface area contributed by atoms with E-state index in [4.69, 9.17) is 4.99 Å². The molecule has 2 N–H and O–H groups in total. The molecule has 24 heavy (non-hydrogen) atoms. The maximum atomic E-state index is 4.72. The predicted octanol–water partition coefficient (Wildman–Crippen LogP) is 3.03. The number of fused-ring (bicyclic) bond motifs is 1. The van der Waals surface area contributed by atoms with E-state index in [1.165, 1.54) is 44.9 Å². The van der Waals surface area contributed by atoms with E-state index in [2.05, 4.69) is 46.2 Å². The van der Waals surface area contributed by atoms with Crippen molar-refractivity contribution in [3.05, 3.63) is 11.6 Å². The van der Waals surface area contributed by atoms with Crippen LogP contribution in [0.5, 0.6) is 0 Å². The molecule has 0 radical (unpaired) electrons. The summed E-state index contributed by atoms with van der Waals surface area (Å²) >= 11 is 0. The third kappa shape index (κ3) is 5.80. The van der Waals surface area contributed by atoms with Crippen LogP contribution in [0.1, 0.15) is 77.4 Å². The molecule has 1 aliphatic heterocycles. The number of guanidine groups is 1. The molecule has 136 valence electrons. The molecular formula is C18H34N6. The zero-order chi connectivity index (χ0) is 17.2. The molecule has 1 aromatic rings. The van der Waals surface area contributed by atoms with Crippen LogP contribution in [-0.2, 0) is 19.5 Å². The highest BCUT2D eigenvalue weighted by Gasteiger charge is 2.15. The smallest absolute Gasteiger partial charge is 0.191 e.